The smallest absolute Gasteiger partial charge is 0.338 e. The zero-order valence-corrected chi connectivity index (χ0v) is 24.6. The van der Waals surface area contributed by atoms with Crippen LogP contribution in [-0.2, 0) is 14.3 Å². The molecule has 2 saturated heterocycles. The summed E-state index contributed by atoms with van der Waals surface area (Å²) in [5.74, 6) is -1.41. The van der Waals surface area contributed by atoms with Gasteiger partial charge in [0.05, 0.1) is 17.7 Å². The molecule has 9 heteroatoms. The van der Waals surface area contributed by atoms with Crippen LogP contribution in [0.2, 0.25) is 0 Å². The van der Waals surface area contributed by atoms with Gasteiger partial charge in [-0.1, -0.05) is 57.2 Å². The van der Waals surface area contributed by atoms with Crippen LogP contribution in [0.4, 0.5) is 4.79 Å². The molecule has 9 nitrogen and oxygen atoms in total. The molecule has 1 N–H and O–H groups in total. The number of piperidine rings is 1. The minimum atomic E-state index is -1.10. The minimum Gasteiger partial charge on any atom is -0.461 e. The fourth-order valence-corrected chi connectivity index (χ4v) is 6.60. The Bertz CT molecular complexity index is 1270. The summed E-state index contributed by atoms with van der Waals surface area (Å²) in [6.07, 6.45) is 1.85. The maximum Gasteiger partial charge on any atom is 0.338 e. The number of hydrogen-bond donors (Lipinski definition) is 1. The lowest BCUT2D eigenvalue weighted by Crippen LogP contribution is -2.75. The second-order valence-electron chi connectivity index (χ2n) is 11.5. The van der Waals surface area contributed by atoms with Gasteiger partial charge in [-0.25, -0.2) is 14.4 Å². The molecule has 2 aliphatic rings. The maximum atomic E-state index is 14.0. The van der Waals surface area contributed by atoms with Crippen LogP contribution in [0.25, 0.3) is 0 Å². The Hall–Kier alpha value is -3.72. The second-order valence-corrected chi connectivity index (χ2v) is 11.5. The molecule has 4 unspecified atom stereocenters. The average Bonchev–Trinajstić information content (AvgIpc) is 3.22. The van der Waals surface area contributed by atoms with Crippen LogP contribution in [0, 0.1) is 5.92 Å². The van der Waals surface area contributed by atoms with Gasteiger partial charge in [-0.05, 0) is 57.4 Å². The molecule has 0 radical (unpaired) electrons. The van der Waals surface area contributed by atoms with Crippen molar-refractivity contribution >= 4 is 23.9 Å². The second kappa shape index (κ2) is 12.0. The number of likely N-dealkylation sites (tertiary alicyclic amines) is 1. The van der Waals surface area contributed by atoms with Crippen molar-refractivity contribution in [2.45, 2.75) is 70.5 Å². The number of benzene rings is 2. The Balaban J connectivity index is 1.49. The van der Waals surface area contributed by atoms with E-state index in [1.165, 1.54) is 4.90 Å². The highest BCUT2D eigenvalue weighted by atomic mass is 16.5. The molecule has 1 spiro atoms. The molecule has 3 amide bonds. The summed E-state index contributed by atoms with van der Waals surface area (Å²) in [6.45, 7) is 11.0. The van der Waals surface area contributed by atoms with Gasteiger partial charge < -0.3 is 14.8 Å². The molecule has 4 atom stereocenters. The first-order chi connectivity index (χ1) is 19.5. The van der Waals surface area contributed by atoms with Gasteiger partial charge in [0, 0.05) is 23.5 Å². The molecule has 2 aliphatic heterocycles. The van der Waals surface area contributed by atoms with Gasteiger partial charge in [0.15, 0.2) is 0 Å². The van der Waals surface area contributed by atoms with E-state index >= 15 is 0 Å². The number of imide groups is 1. The summed E-state index contributed by atoms with van der Waals surface area (Å²) in [7, 11) is 0. The summed E-state index contributed by atoms with van der Waals surface area (Å²) in [5.41, 5.74) is -1.14. The standard InChI is InChI=1S/C32H41N3O6/c1-6-30(4)22-32(28(38)34(29(39)33-32)18-20-40-26(36)24-14-10-8-11-15-24)23(3)31(5,7-2)35(30)19-21-41-27(37)25-16-12-9-13-17-25/h8-17,23H,6-7,18-22H2,1-5H3,(H,33,39). The van der Waals surface area contributed by atoms with Crippen LogP contribution in [0.1, 0.15) is 74.6 Å². The fraction of sp³-hybridized carbons (Fsp3) is 0.500. The van der Waals surface area contributed by atoms with E-state index in [4.69, 9.17) is 9.47 Å². The van der Waals surface area contributed by atoms with Crippen LogP contribution < -0.4 is 5.32 Å². The molecule has 0 aromatic heterocycles. The van der Waals surface area contributed by atoms with Crippen molar-refractivity contribution in [3.63, 3.8) is 0 Å². The van der Waals surface area contributed by atoms with Crippen molar-refractivity contribution < 1.29 is 28.7 Å². The molecule has 0 aliphatic carbocycles. The summed E-state index contributed by atoms with van der Waals surface area (Å²) in [5, 5.41) is 3.07. The zero-order valence-electron chi connectivity index (χ0n) is 24.6. The lowest BCUT2D eigenvalue weighted by molar-refractivity contribution is -0.156. The van der Waals surface area contributed by atoms with Crippen molar-refractivity contribution in [2.75, 3.05) is 26.3 Å². The van der Waals surface area contributed by atoms with Crippen LogP contribution >= 0.6 is 0 Å². The van der Waals surface area contributed by atoms with E-state index in [0.717, 1.165) is 12.8 Å². The van der Waals surface area contributed by atoms with E-state index in [2.05, 4.69) is 37.9 Å². The van der Waals surface area contributed by atoms with Gasteiger partial charge in [-0.2, -0.15) is 0 Å². The van der Waals surface area contributed by atoms with Gasteiger partial charge in [-0.15, -0.1) is 0 Å². The van der Waals surface area contributed by atoms with Crippen molar-refractivity contribution in [1.29, 1.82) is 0 Å². The van der Waals surface area contributed by atoms with Crippen LogP contribution in [0.15, 0.2) is 60.7 Å². The highest BCUT2D eigenvalue weighted by Gasteiger charge is 2.66. The monoisotopic (exact) mass is 563 g/mol. The maximum absolute atomic E-state index is 14.0. The number of carbonyl (C=O) groups excluding carboxylic acids is 4. The number of rotatable bonds is 10. The summed E-state index contributed by atoms with van der Waals surface area (Å²) in [4.78, 5) is 55.7. The fourth-order valence-electron chi connectivity index (χ4n) is 6.60. The number of carbonyl (C=O) groups is 4. The Labute approximate surface area is 242 Å². The summed E-state index contributed by atoms with van der Waals surface area (Å²) >= 11 is 0. The summed E-state index contributed by atoms with van der Waals surface area (Å²) < 4.78 is 11.0. The number of nitrogens with one attached hydrogen (secondary N) is 1. The summed E-state index contributed by atoms with van der Waals surface area (Å²) in [6, 6.07) is 17.0. The largest absolute Gasteiger partial charge is 0.461 e. The molecule has 41 heavy (non-hydrogen) atoms. The van der Waals surface area contributed by atoms with Gasteiger partial charge >= 0.3 is 18.0 Å². The predicted molar refractivity (Wildman–Crippen MR) is 154 cm³/mol. The molecule has 0 bridgehead atoms. The van der Waals surface area contributed by atoms with E-state index < -0.39 is 28.6 Å². The Morgan fingerprint density at radius 3 is 1.85 bits per heavy atom. The molecule has 2 fully saturated rings. The van der Waals surface area contributed by atoms with Crippen LogP contribution in [0.3, 0.4) is 0 Å². The lowest BCUT2D eigenvalue weighted by atomic mass is 9.60. The third-order valence-electron chi connectivity index (χ3n) is 9.39. The SMILES string of the molecule is CCC1(C)CC2(NC(=O)N(CCOC(=O)c3ccccc3)C2=O)C(C)C(C)(CC)N1CCOC(=O)c1ccccc1. The number of urea groups is 1. The molecular formula is C32H41N3O6. The average molecular weight is 564 g/mol. The van der Waals surface area contributed by atoms with Crippen molar-refractivity contribution in [3.05, 3.63) is 71.8 Å². The quantitative estimate of drug-likeness (QED) is 0.331. The molecular weight excluding hydrogens is 522 g/mol. The first kappa shape index (κ1) is 30.2. The van der Waals surface area contributed by atoms with Crippen molar-refractivity contribution in [1.82, 2.24) is 15.1 Å². The Morgan fingerprint density at radius 2 is 1.37 bits per heavy atom. The molecule has 2 aromatic carbocycles. The van der Waals surface area contributed by atoms with E-state index in [1.807, 2.05) is 13.0 Å². The predicted octanol–water partition coefficient (Wildman–Crippen LogP) is 4.67. The highest BCUT2D eigenvalue weighted by Crippen LogP contribution is 2.51. The van der Waals surface area contributed by atoms with Gasteiger partial charge in [0.2, 0.25) is 0 Å². The number of nitrogens with zero attached hydrogens (tertiary/aromatic N) is 2. The number of amides is 3. The Morgan fingerprint density at radius 1 is 0.854 bits per heavy atom. The van der Waals surface area contributed by atoms with Crippen molar-refractivity contribution in [3.8, 4) is 0 Å². The van der Waals surface area contributed by atoms with E-state index in [-0.39, 0.29) is 37.6 Å². The number of hydrogen-bond acceptors (Lipinski definition) is 7. The third-order valence-corrected chi connectivity index (χ3v) is 9.39. The molecule has 220 valence electrons. The first-order valence-corrected chi connectivity index (χ1v) is 14.4. The van der Waals surface area contributed by atoms with Crippen LogP contribution in [-0.4, -0.2) is 76.6 Å². The minimum absolute atomic E-state index is 0.0253. The topological polar surface area (TPSA) is 105 Å². The van der Waals surface area contributed by atoms with Gasteiger partial charge in [-0.3, -0.25) is 14.6 Å². The Kier molecular flexibility index (Phi) is 8.87. The van der Waals surface area contributed by atoms with E-state index in [1.54, 1.807) is 54.6 Å². The highest BCUT2D eigenvalue weighted by molar-refractivity contribution is 6.07. The van der Waals surface area contributed by atoms with E-state index in [0.29, 0.717) is 24.1 Å². The van der Waals surface area contributed by atoms with Crippen molar-refractivity contribution in [2.24, 2.45) is 5.92 Å². The molecule has 2 heterocycles. The molecule has 0 saturated carbocycles. The van der Waals surface area contributed by atoms with Crippen LogP contribution in [0.5, 0.6) is 0 Å². The number of esters is 2. The zero-order chi connectivity index (χ0) is 29.8. The number of ether oxygens (including phenoxy) is 2. The third kappa shape index (κ3) is 5.60. The van der Waals surface area contributed by atoms with Gasteiger partial charge in [0.25, 0.3) is 5.91 Å². The van der Waals surface area contributed by atoms with E-state index in [9.17, 15) is 19.2 Å². The first-order valence-electron chi connectivity index (χ1n) is 14.4. The normalized spacial score (nSPS) is 28.0. The molecule has 4 rings (SSSR count). The molecule has 2 aromatic rings. The lowest BCUT2D eigenvalue weighted by Gasteiger charge is -2.63. The van der Waals surface area contributed by atoms with Gasteiger partial charge in [0.1, 0.15) is 18.8 Å².